The predicted octanol–water partition coefficient (Wildman–Crippen LogP) is 6.53. The van der Waals surface area contributed by atoms with E-state index in [1.807, 2.05) is 12.1 Å². The molecule has 1 aliphatic rings. The smallest absolute Gasteiger partial charge is 0.159 e. The number of hydrogen-bond acceptors (Lipinski definition) is 3. The first-order valence-corrected chi connectivity index (χ1v) is 12.6. The highest BCUT2D eigenvalue weighted by atomic mass is 16.1. The summed E-state index contributed by atoms with van der Waals surface area (Å²) in [5.41, 5.74) is 9.57. The van der Waals surface area contributed by atoms with Crippen molar-refractivity contribution in [1.29, 1.82) is 0 Å². The highest BCUT2D eigenvalue weighted by Crippen LogP contribution is 2.38. The molecule has 1 atom stereocenters. The Balaban J connectivity index is 1.40. The topological polar surface area (TPSA) is 39.3 Å². The Morgan fingerprint density at radius 1 is 0.914 bits per heavy atom. The van der Waals surface area contributed by atoms with Crippen LogP contribution in [-0.4, -0.2) is 46.7 Å². The molecule has 0 saturated carbocycles. The number of aryl methyl sites for hydroxylation is 2. The fourth-order valence-electron chi connectivity index (χ4n) is 5.38. The minimum absolute atomic E-state index is 0.100. The molecular formula is C31H35N3O. The molecule has 1 saturated heterocycles. The number of benzene rings is 3. The van der Waals surface area contributed by atoms with Crippen molar-refractivity contribution < 1.29 is 4.79 Å². The first kappa shape index (κ1) is 23.5. The minimum Gasteiger partial charge on any atom is -0.357 e. The number of nitrogens with zero attached hydrogens (tertiary/aromatic N) is 2. The van der Waals surface area contributed by atoms with E-state index in [2.05, 4.69) is 90.2 Å². The van der Waals surface area contributed by atoms with E-state index in [-0.39, 0.29) is 11.8 Å². The van der Waals surface area contributed by atoms with Gasteiger partial charge in [0.1, 0.15) is 0 Å². The summed E-state index contributed by atoms with van der Waals surface area (Å²) in [6.07, 6.45) is 0. The van der Waals surface area contributed by atoms with Gasteiger partial charge in [-0.1, -0.05) is 65.7 Å². The van der Waals surface area contributed by atoms with E-state index in [0.717, 1.165) is 43.9 Å². The second-order valence-electron chi connectivity index (χ2n) is 10.1. The molecule has 0 aliphatic carbocycles. The summed E-state index contributed by atoms with van der Waals surface area (Å²) in [6.45, 7) is 13.5. The molecule has 3 aromatic carbocycles. The van der Waals surface area contributed by atoms with E-state index in [1.54, 1.807) is 6.92 Å². The number of ketones is 1. The molecule has 35 heavy (non-hydrogen) atoms. The fourth-order valence-corrected chi connectivity index (χ4v) is 5.38. The van der Waals surface area contributed by atoms with Crippen molar-refractivity contribution in [3.05, 3.63) is 94.7 Å². The van der Waals surface area contributed by atoms with Crippen LogP contribution in [0.15, 0.2) is 66.7 Å². The zero-order valence-electron chi connectivity index (χ0n) is 21.3. The van der Waals surface area contributed by atoms with Gasteiger partial charge in [-0.15, -0.1) is 0 Å². The molecule has 0 bridgehead atoms. The van der Waals surface area contributed by atoms with Crippen LogP contribution in [0.4, 0.5) is 0 Å². The molecule has 4 aromatic rings. The number of carbonyl (C=O) groups excluding carboxylic acids is 1. The molecule has 0 spiro atoms. The second kappa shape index (κ2) is 9.80. The van der Waals surface area contributed by atoms with Gasteiger partial charge in [-0.05, 0) is 51.0 Å². The summed E-state index contributed by atoms with van der Waals surface area (Å²) < 4.78 is 0. The Morgan fingerprint density at radius 2 is 1.63 bits per heavy atom. The van der Waals surface area contributed by atoms with Gasteiger partial charge in [0.25, 0.3) is 0 Å². The Morgan fingerprint density at radius 3 is 2.31 bits per heavy atom. The van der Waals surface area contributed by atoms with Gasteiger partial charge in [-0.3, -0.25) is 14.6 Å². The standard InChI is InChI=1S/C31H35N3O/c1-21-6-5-7-25(18-21)20-33-14-16-34(17-15-33)23(3)31-30(27-11-9-26(10-12-27)24(4)35)28-19-22(2)8-13-29(28)32-31/h5-13,18-19,23,32H,14-17,20H2,1-4H3. The normalized spacial score (nSPS) is 16.0. The van der Waals surface area contributed by atoms with Crippen molar-refractivity contribution in [3.8, 4) is 11.1 Å². The third-order valence-corrected chi connectivity index (χ3v) is 7.42. The number of fused-ring (bicyclic) bond motifs is 1. The molecule has 0 amide bonds. The van der Waals surface area contributed by atoms with Crippen molar-refractivity contribution in [3.63, 3.8) is 0 Å². The third kappa shape index (κ3) is 4.95. The van der Waals surface area contributed by atoms with Gasteiger partial charge in [0.05, 0.1) is 0 Å². The van der Waals surface area contributed by atoms with Crippen molar-refractivity contribution in [2.45, 2.75) is 40.3 Å². The number of aromatic nitrogens is 1. The van der Waals surface area contributed by atoms with E-state index in [4.69, 9.17) is 0 Å². The number of hydrogen-bond donors (Lipinski definition) is 1. The van der Waals surface area contributed by atoms with Crippen LogP contribution in [0, 0.1) is 13.8 Å². The number of nitrogens with one attached hydrogen (secondary N) is 1. The van der Waals surface area contributed by atoms with Gasteiger partial charge in [-0.25, -0.2) is 0 Å². The van der Waals surface area contributed by atoms with Crippen LogP contribution in [-0.2, 0) is 6.54 Å². The summed E-state index contributed by atoms with van der Waals surface area (Å²) in [5, 5.41) is 1.25. The Labute approximate surface area is 208 Å². The average Bonchev–Trinajstić information content (AvgIpc) is 3.22. The number of piperazine rings is 1. The Bertz CT molecular complexity index is 1340. The van der Waals surface area contributed by atoms with Crippen molar-refractivity contribution in [2.75, 3.05) is 26.2 Å². The molecule has 1 unspecified atom stereocenters. The van der Waals surface area contributed by atoms with Crippen molar-refractivity contribution >= 4 is 16.7 Å². The quantitative estimate of drug-likeness (QED) is 0.329. The number of H-pyrrole nitrogens is 1. The second-order valence-corrected chi connectivity index (χ2v) is 10.1. The zero-order valence-corrected chi connectivity index (χ0v) is 21.3. The van der Waals surface area contributed by atoms with E-state index >= 15 is 0 Å². The summed E-state index contributed by atoms with van der Waals surface area (Å²) in [6, 6.07) is 23.8. The van der Waals surface area contributed by atoms with Crippen LogP contribution in [0.5, 0.6) is 0 Å². The molecule has 1 N–H and O–H groups in total. The van der Waals surface area contributed by atoms with E-state index in [9.17, 15) is 4.79 Å². The average molecular weight is 466 g/mol. The molecule has 5 rings (SSSR count). The molecule has 2 heterocycles. The summed E-state index contributed by atoms with van der Waals surface area (Å²) in [5.74, 6) is 0.100. The van der Waals surface area contributed by atoms with Gasteiger partial charge < -0.3 is 4.98 Å². The van der Waals surface area contributed by atoms with E-state index in [0.29, 0.717) is 0 Å². The largest absolute Gasteiger partial charge is 0.357 e. The maximum atomic E-state index is 11.8. The predicted molar refractivity (Wildman–Crippen MR) is 145 cm³/mol. The highest BCUT2D eigenvalue weighted by molar-refractivity contribution is 5.99. The van der Waals surface area contributed by atoms with Crippen molar-refractivity contribution in [1.82, 2.24) is 14.8 Å². The lowest BCUT2D eigenvalue weighted by Gasteiger charge is -2.38. The van der Waals surface area contributed by atoms with Crippen LogP contribution in [0.1, 0.15) is 52.6 Å². The van der Waals surface area contributed by atoms with Crippen LogP contribution < -0.4 is 0 Å². The first-order chi connectivity index (χ1) is 16.9. The van der Waals surface area contributed by atoms with Crippen LogP contribution in [0.25, 0.3) is 22.0 Å². The summed E-state index contributed by atoms with van der Waals surface area (Å²) in [7, 11) is 0. The summed E-state index contributed by atoms with van der Waals surface area (Å²) in [4.78, 5) is 20.7. The van der Waals surface area contributed by atoms with E-state index < -0.39 is 0 Å². The maximum Gasteiger partial charge on any atom is 0.159 e. The lowest BCUT2D eigenvalue weighted by molar-refractivity contribution is 0.0968. The maximum absolute atomic E-state index is 11.8. The van der Waals surface area contributed by atoms with Crippen LogP contribution in [0.3, 0.4) is 0 Å². The molecule has 1 fully saturated rings. The third-order valence-electron chi connectivity index (χ3n) is 7.42. The highest BCUT2D eigenvalue weighted by Gasteiger charge is 2.26. The molecule has 1 aliphatic heterocycles. The number of carbonyl (C=O) groups is 1. The molecule has 4 nitrogen and oxygen atoms in total. The fraction of sp³-hybridized carbons (Fsp3) is 0.323. The Kier molecular flexibility index (Phi) is 6.59. The van der Waals surface area contributed by atoms with Gasteiger partial charge in [0.2, 0.25) is 0 Å². The van der Waals surface area contributed by atoms with Gasteiger partial charge in [0.15, 0.2) is 5.78 Å². The lowest BCUT2D eigenvalue weighted by Crippen LogP contribution is -2.46. The first-order valence-electron chi connectivity index (χ1n) is 12.6. The number of rotatable bonds is 6. The minimum atomic E-state index is 0.100. The number of aromatic amines is 1. The Hall–Kier alpha value is -3.21. The lowest BCUT2D eigenvalue weighted by atomic mass is 9.96. The molecule has 180 valence electrons. The summed E-state index contributed by atoms with van der Waals surface area (Å²) >= 11 is 0. The van der Waals surface area contributed by atoms with Gasteiger partial charge in [0, 0.05) is 66.5 Å². The molecule has 1 aromatic heterocycles. The van der Waals surface area contributed by atoms with Gasteiger partial charge >= 0.3 is 0 Å². The van der Waals surface area contributed by atoms with E-state index in [1.165, 1.54) is 38.9 Å². The van der Waals surface area contributed by atoms with Crippen LogP contribution in [0.2, 0.25) is 0 Å². The zero-order chi connectivity index (χ0) is 24.5. The van der Waals surface area contributed by atoms with Crippen LogP contribution >= 0.6 is 0 Å². The SMILES string of the molecule is CC(=O)c1ccc(-c2c(C(C)N3CCN(Cc4cccc(C)c4)CC3)[nH]c3ccc(C)cc23)cc1. The molecule has 4 heteroatoms. The van der Waals surface area contributed by atoms with Crippen molar-refractivity contribution in [2.24, 2.45) is 0 Å². The molecule has 0 radical (unpaired) electrons. The van der Waals surface area contributed by atoms with Gasteiger partial charge in [-0.2, -0.15) is 0 Å². The molecular weight excluding hydrogens is 430 g/mol. The number of Topliss-reactive ketones (excluding diaryl/α,β-unsaturated/α-hetero) is 1. The monoisotopic (exact) mass is 465 g/mol.